The van der Waals surface area contributed by atoms with Crippen molar-refractivity contribution in [3.8, 4) is 22.1 Å². The fourth-order valence-corrected chi connectivity index (χ4v) is 4.11. The summed E-state index contributed by atoms with van der Waals surface area (Å²) in [6.45, 7) is 1.88. The summed E-state index contributed by atoms with van der Waals surface area (Å²) in [4.78, 5) is 1.05. The molecule has 132 valence electrons. The normalized spacial score (nSPS) is 11.0. The predicted molar refractivity (Wildman–Crippen MR) is 102 cm³/mol. The minimum absolute atomic E-state index is 0.648. The Balaban J connectivity index is 1.76. The van der Waals surface area contributed by atoms with Gasteiger partial charge in [-0.2, -0.15) is 0 Å². The molecule has 26 heavy (non-hydrogen) atoms. The van der Waals surface area contributed by atoms with E-state index in [2.05, 4.69) is 15.4 Å². The molecule has 0 atom stereocenters. The van der Waals surface area contributed by atoms with Gasteiger partial charge >= 0.3 is 0 Å². The maximum absolute atomic E-state index is 5.55. The monoisotopic (exact) mass is 384 g/mol. The highest BCUT2D eigenvalue weighted by Crippen LogP contribution is 2.34. The van der Waals surface area contributed by atoms with E-state index in [9.17, 15) is 0 Å². The molecular weight excluding hydrogens is 368 g/mol. The van der Waals surface area contributed by atoms with Gasteiger partial charge in [-0.25, -0.2) is 0 Å². The third-order valence-corrected chi connectivity index (χ3v) is 5.56. The van der Waals surface area contributed by atoms with Gasteiger partial charge in [0.15, 0.2) is 11.0 Å². The smallest absolute Gasteiger partial charge is 0.196 e. The van der Waals surface area contributed by atoms with Crippen molar-refractivity contribution >= 4 is 23.1 Å². The van der Waals surface area contributed by atoms with Gasteiger partial charge in [0.25, 0.3) is 0 Å². The van der Waals surface area contributed by atoms with Crippen molar-refractivity contribution in [3.05, 3.63) is 59.3 Å². The highest BCUT2D eigenvalue weighted by molar-refractivity contribution is 7.98. The highest BCUT2D eigenvalue weighted by Gasteiger charge is 2.19. The lowest BCUT2D eigenvalue weighted by molar-refractivity contribution is 0.393. The molecule has 4 rings (SSSR count). The number of hydrogen-bond donors (Lipinski definition) is 0. The number of thiophene rings is 1. The van der Waals surface area contributed by atoms with Crippen LogP contribution in [0.15, 0.2) is 57.5 Å². The molecule has 0 amide bonds. The molecule has 3 heterocycles. The summed E-state index contributed by atoms with van der Waals surface area (Å²) < 4.78 is 12.7. The molecule has 8 heteroatoms. The molecule has 0 aliphatic heterocycles. The van der Waals surface area contributed by atoms with Gasteiger partial charge in [0.2, 0.25) is 0 Å². The van der Waals surface area contributed by atoms with Crippen LogP contribution in [0.2, 0.25) is 0 Å². The molecule has 0 spiro atoms. The molecular formula is C18H16N4O2S2. The number of aryl methyl sites for hydroxylation is 1. The van der Waals surface area contributed by atoms with Crippen LogP contribution in [0.4, 0.5) is 0 Å². The Morgan fingerprint density at radius 1 is 1.19 bits per heavy atom. The van der Waals surface area contributed by atoms with Gasteiger partial charge in [0.05, 0.1) is 23.4 Å². The third kappa shape index (κ3) is 3.25. The molecule has 0 unspecified atom stereocenters. The first kappa shape index (κ1) is 16.9. The van der Waals surface area contributed by atoms with E-state index in [-0.39, 0.29) is 0 Å². The molecule has 0 aliphatic carbocycles. The molecule has 6 nitrogen and oxygen atoms in total. The minimum atomic E-state index is 0.648. The van der Waals surface area contributed by atoms with E-state index >= 15 is 0 Å². The third-order valence-electron chi connectivity index (χ3n) is 3.73. The van der Waals surface area contributed by atoms with Crippen LogP contribution in [-0.2, 0) is 5.75 Å². The zero-order chi connectivity index (χ0) is 17.9. The van der Waals surface area contributed by atoms with Crippen LogP contribution < -0.4 is 4.74 Å². The Kier molecular flexibility index (Phi) is 4.77. The fraction of sp³-hybridized carbons (Fsp3) is 0.167. The Bertz CT molecular complexity index is 1010. The van der Waals surface area contributed by atoms with E-state index in [1.54, 1.807) is 30.2 Å². The van der Waals surface area contributed by atoms with Crippen LogP contribution in [-0.4, -0.2) is 27.0 Å². The van der Waals surface area contributed by atoms with Gasteiger partial charge in [-0.15, -0.1) is 21.5 Å². The number of benzene rings is 1. The number of methoxy groups -OCH3 is 1. The van der Waals surface area contributed by atoms with E-state index in [0.717, 1.165) is 38.7 Å². The van der Waals surface area contributed by atoms with Crippen molar-refractivity contribution < 1.29 is 9.26 Å². The SMILES string of the molecule is COc1ccccc1-n1c(SCc2cc(C)on2)nnc1-c1cccs1. The van der Waals surface area contributed by atoms with Crippen LogP contribution in [0.3, 0.4) is 0 Å². The quantitative estimate of drug-likeness (QED) is 0.453. The molecule has 1 aromatic carbocycles. The van der Waals surface area contributed by atoms with Crippen LogP contribution in [0, 0.1) is 6.92 Å². The Morgan fingerprint density at radius 2 is 2.08 bits per heavy atom. The Morgan fingerprint density at radius 3 is 2.81 bits per heavy atom. The number of rotatable bonds is 6. The maximum atomic E-state index is 5.55. The molecule has 0 saturated carbocycles. The van der Waals surface area contributed by atoms with Crippen molar-refractivity contribution in [2.45, 2.75) is 17.8 Å². The largest absolute Gasteiger partial charge is 0.495 e. The number of aromatic nitrogens is 4. The Labute approximate surface area is 158 Å². The molecule has 0 fully saturated rings. The van der Waals surface area contributed by atoms with E-state index in [4.69, 9.17) is 9.26 Å². The molecule has 0 bridgehead atoms. The van der Waals surface area contributed by atoms with E-state index < -0.39 is 0 Å². The first-order valence-corrected chi connectivity index (χ1v) is 9.80. The van der Waals surface area contributed by atoms with Crippen LogP contribution in [0.1, 0.15) is 11.5 Å². The highest BCUT2D eigenvalue weighted by atomic mass is 32.2. The summed E-state index contributed by atoms with van der Waals surface area (Å²) in [6, 6.07) is 13.8. The summed E-state index contributed by atoms with van der Waals surface area (Å²) in [7, 11) is 1.67. The van der Waals surface area contributed by atoms with Crippen molar-refractivity contribution in [1.29, 1.82) is 0 Å². The average Bonchev–Trinajstić information content (AvgIpc) is 3.40. The topological polar surface area (TPSA) is 66.0 Å². The summed E-state index contributed by atoms with van der Waals surface area (Å²) in [5.74, 6) is 3.01. The summed E-state index contributed by atoms with van der Waals surface area (Å²) in [5.41, 5.74) is 1.78. The first-order chi connectivity index (χ1) is 12.8. The molecule has 3 aromatic heterocycles. The second kappa shape index (κ2) is 7.35. The van der Waals surface area contributed by atoms with Crippen LogP contribution >= 0.6 is 23.1 Å². The number of para-hydroxylation sites is 2. The number of hydrogen-bond acceptors (Lipinski definition) is 7. The van der Waals surface area contributed by atoms with Crippen LogP contribution in [0.25, 0.3) is 16.4 Å². The van der Waals surface area contributed by atoms with Gasteiger partial charge in [-0.1, -0.05) is 35.1 Å². The number of thioether (sulfide) groups is 1. The van der Waals surface area contributed by atoms with Gasteiger partial charge in [-0.05, 0) is 30.5 Å². The van der Waals surface area contributed by atoms with Crippen molar-refractivity contribution in [2.75, 3.05) is 7.11 Å². The van der Waals surface area contributed by atoms with Gasteiger partial charge < -0.3 is 9.26 Å². The predicted octanol–water partition coefficient (Wildman–Crippen LogP) is 4.59. The molecule has 4 aromatic rings. The van der Waals surface area contributed by atoms with Gasteiger partial charge in [0, 0.05) is 11.8 Å². The molecule has 0 radical (unpaired) electrons. The summed E-state index contributed by atoms with van der Waals surface area (Å²) in [6.07, 6.45) is 0. The van der Waals surface area contributed by atoms with Crippen molar-refractivity contribution in [2.24, 2.45) is 0 Å². The molecule has 0 N–H and O–H groups in total. The number of nitrogens with zero attached hydrogens (tertiary/aromatic N) is 4. The minimum Gasteiger partial charge on any atom is -0.495 e. The fourth-order valence-electron chi connectivity index (χ4n) is 2.58. The number of ether oxygens (including phenoxy) is 1. The van der Waals surface area contributed by atoms with Gasteiger partial charge in [0.1, 0.15) is 11.5 Å². The maximum Gasteiger partial charge on any atom is 0.196 e. The zero-order valence-corrected chi connectivity index (χ0v) is 15.9. The van der Waals surface area contributed by atoms with E-state index in [1.165, 1.54) is 0 Å². The van der Waals surface area contributed by atoms with Gasteiger partial charge in [-0.3, -0.25) is 4.57 Å². The first-order valence-electron chi connectivity index (χ1n) is 7.94. The second-order valence-corrected chi connectivity index (χ2v) is 7.40. The lowest BCUT2D eigenvalue weighted by Gasteiger charge is -2.13. The summed E-state index contributed by atoms with van der Waals surface area (Å²) in [5, 5.41) is 15.7. The van der Waals surface area contributed by atoms with Crippen molar-refractivity contribution in [1.82, 2.24) is 19.9 Å². The lowest BCUT2D eigenvalue weighted by Crippen LogP contribution is -2.01. The lowest BCUT2D eigenvalue weighted by atomic mass is 10.3. The Hall–Kier alpha value is -2.58. The van der Waals surface area contributed by atoms with E-state index in [0.29, 0.717) is 5.75 Å². The summed E-state index contributed by atoms with van der Waals surface area (Å²) >= 11 is 3.19. The zero-order valence-electron chi connectivity index (χ0n) is 14.2. The molecule has 0 aliphatic rings. The molecule has 0 saturated heterocycles. The standard InChI is InChI=1S/C18H16N4O2S2/c1-12-10-13(21-24-12)11-26-18-20-19-17(16-8-5-9-25-16)22(18)14-6-3-4-7-15(14)23-2/h3-10H,11H2,1-2H3. The van der Waals surface area contributed by atoms with Crippen molar-refractivity contribution in [3.63, 3.8) is 0 Å². The van der Waals surface area contributed by atoms with Crippen LogP contribution in [0.5, 0.6) is 5.75 Å². The van der Waals surface area contributed by atoms with E-state index in [1.807, 2.05) is 59.3 Å². The average molecular weight is 384 g/mol. The second-order valence-electron chi connectivity index (χ2n) is 5.51.